The number of aromatic nitrogens is 1. The van der Waals surface area contributed by atoms with Crippen molar-refractivity contribution in [1.29, 1.82) is 0 Å². The topological polar surface area (TPSA) is 65.8 Å². The number of hydrogen-bond acceptors (Lipinski definition) is 5. The lowest BCUT2D eigenvalue weighted by Crippen LogP contribution is -2.67. The second kappa shape index (κ2) is 6.68. The molecule has 8 rings (SSSR count). The van der Waals surface area contributed by atoms with Crippen molar-refractivity contribution in [2.45, 2.75) is 74.9 Å². The molecule has 3 spiro atoms. The Kier molecular flexibility index (Phi) is 4.08. The lowest BCUT2D eigenvalue weighted by molar-refractivity contribution is -0.248. The lowest BCUT2D eigenvalue weighted by atomic mass is 9.57. The number of likely N-dealkylation sites (N-methyl/N-ethyl adjacent to an activating group) is 1. The first kappa shape index (κ1) is 22.0. The molecule has 4 aliphatic carbocycles. The van der Waals surface area contributed by atoms with Gasteiger partial charge in [-0.05, 0) is 92.8 Å². The molecule has 4 fully saturated rings. The Morgan fingerprint density at radius 3 is 2.75 bits per heavy atom. The predicted molar refractivity (Wildman–Crippen MR) is 139 cm³/mol. The van der Waals surface area contributed by atoms with Crippen molar-refractivity contribution >= 4 is 16.3 Å². The van der Waals surface area contributed by atoms with Crippen LogP contribution in [0.4, 0.5) is 0 Å². The van der Waals surface area contributed by atoms with Gasteiger partial charge in [0.25, 0.3) is 0 Å². The van der Waals surface area contributed by atoms with Crippen molar-refractivity contribution in [3.8, 4) is 0 Å². The van der Waals surface area contributed by atoms with Gasteiger partial charge >= 0.3 is 0 Å². The average molecular weight is 485 g/mol. The molecule has 1 aromatic carbocycles. The molecule has 1 aromatic heterocycles. The van der Waals surface area contributed by atoms with Crippen LogP contribution in [-0.2, 0) is 4.74 Å². The summed E-state index contributed by atoms with van der Waals surface area (Å²) in [6, 6.07) is 8.83. The van der Waals surface area contributed by atoms with Crippen molar-refractivity contribution in [2.75, 3.05) is 14.1 Å². The van der Waals surface area contributed by atoms with E-state index < -0.39 is 12.2 Å². The highest BCUT2D eigenvalue weighted by atomic mass is 16.5. The summed E-state index contributed by atoms with van der Waals surface area (Å²) in [7, 11) is 4.03. The average Bonchev–Trinajstić information content (AvgIpc) is 3.40. The highest BCUT2D eigenvalue weighted by Crippen LogP contribution is 2.81. The number of nitrogens with zero attached hydrogens (tertiary/aromatic N) is 2. The van der Waals surface area contributed by atoms with Gasteiger partial charge < -0.3 is 19.8 Å². The molecule has 6 aliphatic rings. The molecule has 188 valence electrons. The van der Waals surface area contributed by atoms with Crippen LogP contribution >= 0.6 is 0 Å². The van der Waals surface area contributed by atoms with E-state index in [2.05, 4.69) is 53.2 Å². The Labute approximate surface area is 212 Å². The summed E-state index contributed by atoms with van der Waals surface area (Å²) in [5.74, 6) is 0.760. The number of ether oxygens (including phenoxy) is 1. The first-order valence-corrected chi connectivity index (χ1v) is 13.7. The molecule has 5 nitrogen and oxygen atoms in total. The molecule has 36 heavy (non-hydrogen) atoms. The van der Waals surface area contributed by atoms with Crippen molar-refractivity contribution < 1.29 is 14.9 Å². The second-order valence-electron chi connectivity index (χ2n) is 13.1. The summed E-state index contributed by atoms with van der Waals surface area (Å²) in [6.07, 6.45) is 13.2. The van der Waals surface area contributed by atoms with Crippen LogP contribution in [0.15, 0.2) is 54.4 Å². The van der Waals surface area contributed by atoms with Gasteiger partial charge in [-0.2, -0.15) is 0 Å². The minimum absolute atomic E-state index is 0.0262. The van der Waals surface area contributed by atoms with Crippen LogP contribution in [0.3, 0.4) is 0 Å². The molecule has 2 bridgehead atoms. The van der Waals surface area contributed by atoms with Gasteiger partial charge in [0.2, 0.25) is 0 Å². The smallest absolute Gasteiger partial charge is 0.0961 e. The fraction of sp³-hybridized carbons (Fsp3) is 0.581. The number of benzene rings is 1. The van der Waals surface area contributed by atoms with Crippen molar-refractivity contribution in [1.82, 2.24) is 9.88 Å². The fourth-order valence-corrected chi connectivity index (χ4v) is 9.88. The summed E-state index contributed by atoms with van der Waals surface area (Å²) >= 11 is 0. The first-order valence-electron chi connectivity index (χ1n) is 13.7. The van der Waals surface area contributed by atoms with Crippen LogP contribution in [-0.4, -0.2) is 63.6 Å². The van der Waals surface area contributed by atoms with E-state index in [0.29, 0.717) is 11.8 Å². The third-order valence-corrected chi connectivity index (χ3v) is 11.6. The SMILES string of the molecule is CN(C)[C@H]1C[C@@]23CC[C@@]4(O2)C(=CC[C@]2(C)C(c5ccc6cnccc6c5)=CCC24)C2CC23[C@@H](O)[C@@H]1O. The molecule has 9 atom stereocenters. The number of rotatable bonds is 2. The molecule has 2 aromatic rings. The molecule has 3 unspecified atom stereocenters. The van der Waals surface area contributed by atoms with Gasteiger partial charge in [0.1, 0.15) is 0 Å². The molecule has 0 radical (unpaired) electrons. The van der Waals surface area contributed by atoms with E-state index >= 15 is 0 Å². The quantitative estimate of drug-likeness (QED) is 0.621. The maximum Gasteiger partial charge on any atom is 0.0961 e. The summed E-state index contributed by atoms with van der Waals surface area (Å²) in [6.45, 7) is 2.46. The van der Waals surface area contributed by atoms with E-state index in [9.17, 15) is 10.2 Å². The Balaban J connectivity index is 1.21. The van der Waals surface area contributed by atoms with Gasteiger partial charge in [0, 0.05) is 40.6 Å². The molecular weight excluding hydrogens is 448 g/mol. The number of allylic oxidation sites excluding steroid dienone is 3. The van der Waals surface area contributed by atoms with Crippen LogP contribution in [0, 0.1) is 22.7 Å². The highest BCUT2D eigenvalue weighted by molar-refractivity contribution is 5.87. The maximum absolute atomic E-state index is 11.5. The zero-order valence-electron chi connectivity index (χ0n) is 21.4. The van der Waals surface area contributed by atoms with Crippen LogP contribution < -0.4 is 0 Å². The molecule has 0 amide bonds. The molecule has 5 heteroatoms. The van der Waals surface area contributed by atoms with Crippen LogP contribution in [0.25, 0.3) is 16.3 Å². The van der Waals surface area contributed by atoms with E-state index in [-0.39, 0.29) is 28.1 Å². The Morgan fingerprint density at radius 2 is 1.92 bits per heavy atom. The van der Waals surface area contributed by atoms with Crippen LogP contribution in [0.2, 0.25) is 0 Å². The molecule has 2 N–H and O–H groups in total. The Morgan fingerprint density at radius 1 is 1.06 bits per heavy atom. The normalized spacial score (nSPS) is 48.1. The van der Waals surface area contributed by atoms with Crippen molar-refractivity contribution in [3.05, 3.63) is 59.9 Å². The van der Waals surface area contributed by atoms with Crippen molar-refractivity contribution in [3.63, 3.8) is 0 Å². The van der Waals surface area contributed by atoms with Crippen molar-refractivity contribution in [2.24, 2.45) is 22.7 Å². The number of pyridine rings is 1. The zero-order valence-corrected chi connectivity index (χ0v) is 21.4. The zero-order chi connectivity index (χ0) is 24.7. The van der Waals surface area contributed by atoms with E-state index in [1.54, 1.807) is 0 Å². The van der Waals surface area contributed by atoms with Gasteiger partial charge in [-0.3, -0.25) is 4.98 Å². The molecule has 3 heterocycles. The van der Waals surface area contributed by atoms with E-state index in [4.69, 9.17) is 4.74 Å². The molecule has 2 aliphatic heterocycles. The van der Waals surface area contributed by atoms with Gasteiger partial charge in [-0.25, -0.2) is 0 Å². The van der Waals surface area contributed by atoms with Gasteiger partial charge in [-0.1, -0.05) is 31.2 Å². The maximum atomic E-state index is 11.5. The monoisotopic (exact) mass is 484 g/mol. The fourth-order valence-electron chi connectivity index (χ4n) is 9.88. The van der Waals surface area contributed by atoms with Gasteiger partial charge in [0.15, 0.2) is 0 Å². The van der Waals surface area contributed by atoms with E-state index in [1.807, 2.05) is 26.5 Å². The highest BCUT2D eigenvalue weighted by Gasteiger charge is 2.84. The van der Waals surface area contributed by atoms with Gasteiger partial charge in [-0.15, -0.1) is 0 Å². The number of aliphatic hydroxyl groups is 2. The largest absolute Gasteiger partial charge is 0.390 e. The van der Waals surface area contributed by atoms with E-state index in [0.717, 1.165) is 38.5 Å². The number of fused-ring (bicyclic) bond motifs is 3. The van der Waals surface area contributed by atoms with Crippen LogP contribution in [0.5, 0.6) is 0 Å². The Bertz CT molecular complexity index is 1370. The second-order valence-corrected chi connectivity index (χ2v) is 13.1. The third-order valence-electron chi connectivity index (χ3n) is 11.6. The third kappa shape index (κ3) is 2.32. The Hall–Kier alpha value is -2.05. The van der Waals surface area contributed by atoms with E-state index in [1.165, 1.54) is 27.5 Å². The summed E-state index contributed by atoms with van der Waals surface area (Å²) < 4.78 is 7.45. The minimum Gasteiger partial charge on any atom is -0.390 e. The summed E-state index contributed by atoms with van der Waals surface area (Å²) in [4.78, 5) is 6.37. The molecular formula is C31H36N2O3. The number of hydrogen-bond donors (Lipinski definition) is 2. The summed E-state index contributed by atoms with van der Waals surface area (Å²) in [5.41, 5.74) is 3.37. The number of aliphatic hydroxyl groups excluding tert-OH is 2. The first-order chi connectivity index (χ1) is 17.3. The standard InChI is InChI=1S/C31H36N2O3/c1-28-10-8-22-23-15-30(23)27(35)26(34)24(33(2)3)16-29(30)11-12-31(22,36-29)25(28)7-6-21(28)19-4-5-20-17-32-13-9-18(20)14-19/h4-6,8-9,13-14,17,23-27,34-35H,7,10-12,15-16H2,1-3H3/t23?,24-,25?,26+,27-,28+,29+,30?,31+/m0/s1. The van der Waals surface area contributed by atoms with Crippen LogP contribution in [0.1, 0.15) is 51.0 Å². The van der Waals surface area contributed by atoms with Gasteiger partial charge in [0.05, 0.1) is 23.4 Å². The molecule has 2 saturated heterocycles. The summed E-state index contributed by atoms with van der Waals surface area (Å²) in [5, 5.41) is 25.0. The lowest BCUT2D eigenvalue weighted by Gasteiger charge is -2.59. The molecule has 2 saturated carbocycles. The minimum atomic E-state index is -0.724. The predicted octanol–water partition coefficient (Wildman–Crippen LogP) is 4.34.